The maximum Gasteiger partial charge on any atom is 0.217 e. The van der Waals surface area contributed by atoms with E-state index in [0.717, 1.165) is 46.7 Å². The van der Waals surface area contributed by atoms with Crippen LogP contribution in [-0.2, 0) is 11.2 Å². The Kier molecular flexibility index (Phi) is 13.7. The highest BCUT2D eigenvalue weighted by molar-refractivity contribution is 6.04. The number of aromatic nitrogens is 3. The van der Waals surface area contributed by atoms with E-state index in [2.05, 4.69) is 58.0 Å². The van der Waals surface area contributed by atoms with Gasteiger partial charge >= 0.3 is 0 Å². The normalized spacial score (nSPS) is 12.6. The summed E-state index contributed by atoms with van der Waals surface area (Å²) in [5.74, 6) is -0.0435. The van der Waals surface area contributed by atoms with Gasteiger partial charge in [0.25, 0.3) is 0 Å². The summed E-state index contributed by atoms with van der Waals surface area (Å²) in [4.78, 5) is 18.7. The second-order valence-corrected chi connectivity index (χ2v) is 7.88. The zero-order valence-corrected chi connectivity index (χ0v) is 22.9. The van der Waals surface area contributed by atoms with Gasteiger partial charge in [-0.1, -0.05) is 50.4 Å². The predicted molar refractivity (Wildman–Crippen MR) is 154 cm³/mol. The molecule has 2 aromatic heterocycles. The molecule has 0 atom stereocenters. The number of carbonyl (C=O) groups excluding carboxylic acids is 1. The van der Waals surface area contributed by atoms with Crippen LogP contribution in [0.2, 0.25) is 0 Å². The third-order valence-electron chi connectivity index (χ3n) is 5.41. The number of hydrogen-bond donors (Lipinski definition) is 3. The van der Waals surface area contributed by atoms with Crippen molar-refractivity contribution in [3.63, 3.8) is 0 Å². The van der Waals surface area contributed by atoms with Gasteiger partial charge in [0.15, 0.2) is 5.65 Å². The Morgan fingerprint density at radius 1 is 1.27 bits per heavy atom. The topological polar surface area (TPSA) is 104 Å². The quantitative estimate of drug-likeness (QED) is 0.228. The van der Waals surface area contributed by atoms with Crippen LogP contribution < -0.4 is 10.6 Å². The molecule has 0 saturated carbocycles. The summed E-state index contributed by atoms with van der Waals surface area (Å²) in [7, 11) is 1.90. The molecule has 37 heavy (non-hydrogen) atoms. The molecule has 1 aliphatic rings. The number of imidazole rings is 1. The van der Waals surface area contributed by atoms with Gasteiger partial charge in [-0.05, 0) is 55.5 Å². The van der Waals surface area contributed by atoms with Gasteiger partial charge in [0.2, 0.25) is 5.91 Å². The summed E-state index contributed by atoms with van der Waals surface area (Å²) in [6.45, 7) is 17.1. The van der Waals surface area contributed by atoms with Crippen LogP contribution in [0.4, 0.5) is 5.69 Å². The minimum atomic E-state index is -0.0435. The zero-order chi connectivity index (χ0) is 27.8. The highest BCUT2D eigenvalue weighted by atomic mass is 16.4. The zero-order valence-electron chi connectivity index (χ0n) is 22.9. The highest BCUT2D eigenvalue weighted by Crippen LogP contribution is 2.25. The maximum atomic E-state index is 10.3. The van der Waals surface area contributed by atoms with E-state index in [-0.39, 0.29) is 5.91 Å². The molecule has 0 saturated heterocycles. The lowest BCUT2D eigenvalue weighted by molar-refractivity contribution is -0.118. The summed E-state index contributed by atoms with van der Waals surface area (Å²) < 4.78 is 1.97. The minimum absolute atomic E-state index is 0.0435. The van der Waals surface area contributed by atoms with E-state index in [1.54, 1.807) is 18.5 Å². The SMILES string of the molecule is C/C=C(\C)c1cn2ccncc2n1.C=CC(=C)CNC(C)=O.CC.CNc1ccc2c(c1)CC/C2=N\O. The molecule has 0 unspecified atom stereocenters. The van der Waals surface area contributed by atoms with Crippen LogP contribution in [0.5, 0.6) is 0 Å². The van der Waals surface area contributed by atoms with Gasteiger partial charge in [0.1, 0.15) is 0 Å². The summed E-state index contributed by atoms with van der Waals surface area (Å²) in [5, 5.41) is 17.7. The van der Waals surface area contributed by atoms with Crippen LogP contribution >= 0.6 is 0 Å². The first-order valence-electron chi connectivity index (χ1n) is 12.3. The van der Waals surface area contributed by atoms with Crippen molar-refractivity contribution in [2.75, 3.05) is 18.9 Å². The number of benzene rings is 1. The second-order valence-electron chi connectivity index (χ2n) is 7.88. The van der Waals surface area contributed by atoms with Crippen LogP contribution in [0, 0.1) is 0 Å². The molecule has 3 N–H and O–H groups in total. The van der Waals surface area contributed by atoms with Crippen molar-refractivity contribution in [3.05, 3.63) is 90.7 Å². The minimum Gasteiger partial charge on any atom is -0.411 e. The molecule has 3 aromatic rings. The van der Waals surface area contributed by atoms with Crippen LogP contribution in [0.3, 0.4) is 0 Å². The molecular weight excluding hydrogens is 464 g/mol. The predicted octanol–water partition coefficient (Wildman–Crippen LogP) is 5.90. The Morgan fingerprint density at radius 3 is 2.57 bits per heavy atom. The van der Waals surface area contributed by atoms with Gasteiger partial charge in [-0.3, -0.25) is 9.78 Å². The van der Waals surface area contributed by atoms with Crippen molar-refractivity contribution in [1.29, 1.82) is 0 Å². The summed E-state index contributed by atoms with van der Waals surface area (Å²) in [6.07, 6.45) is 12.9. The lowest BCUT2D eigenvalue weighted by atomic mass is 10.1. The lowest BCUT2D eigenvalue weighted by Crippen LogP contribution is -2.21. The first-order chi connectivity index (χ1) is 17.8. The van der Waals surface area contributed by atoms with Crippen LogP contribution in [-0.4, -0.2) is 44.8 Å². The molecule has 198 valence electrons. The van der Waals surface area contributed by atoms with Crippen LogP contribution in [0.1, 0.15) is 57.9 Å². The Bertz CT molecular complexity index is 1210. The number of anilines is 1. The summed E-state index contributed by atoms with van der Waals surface area (Å²) in [5.41, 5.74) is 8.17. The molecule has 8 nitrogen and oxygen atoms in total. The molecule has 4 rings (SSSR count). The number of rotatable bonds is 5. The average molecular weight is 505 g/mol. The number of aryl methyl sites for hydroxylation is 1. The second kappa shape index (κ2) is 16.5. The lowest BCUT2D eigenvalue weighted by Gasteiger charge is -2.02. The number of carbonyl (C=O) groups is 1. The smallest absolute Gasteiger partial charge is 0.217 e. The van der Waals surface area contributed by atoms with Gasteiger partial charge < -0.3 is 20.2 Å². The first-order valence-corrected chi connectivity index (χ1v) is 12.3. The Morgan fingerprint density at radius 2 is 2.00 bits per heavy atom. The van der Waals surface area contributed by atoms with E-state index in [9.17, 15) is 4.79 Å². The summed E-state index contributed by atoms with van der Waals surface area (Å²) in [6, 6.07) is 6.10. The average Bonchev–Trinajstić information content (AvgIpc) is 3.56. The largest absolute Gasteiger partial charge is 0.411 e. The van der Waals surface area contributed by atoms with Crippen molar-refractivity contribution >= 4 is 28.5 Å². The fourth-order valence-corrected chi connectivity index (χ4v) is 3.22. The molecule has 1 aliphatic carbocycles. The van der Waals surface area contributed by atoms with Crippen molar-refractivity contribution in [3.8, 4) is 0 Å². The maximum absolute atomic E-state index is 10.3. The van der Waals surface area contributed by atoms with Crippen molar-refractivity contribution in [1.82, 2.24) is 19.7 Å². The molecule has 0 aliphatic heterocycles. The van der Waals surface area contributed by atoms with Crippen molar-refractivity contribution in [2.45, 2.75) is 47.5 Å². The van der Waals surface area contributed by atoms with Crippen molar-refractivity contribution in [2.24, 2.45) is 5.16 Å². The van der Waals surface area contributed by atoms with Crippen LogP contribution in [0.25, 0.3) is 11.2 Å². The Balaban J connectivity index is 0.000000274. The monoisotopic (exact) mass is 504 g/mol. The fraction of sp³-hybridized carbons (Fsp3) is 0.310. The van der Waals surface area contributed by atoms with E-state index < -0.39 is 0 Å². The standard InChI is InChI=1S/C10H11N3.C10H12N2O.C7H11NO.C2H6/c1-3-8(2)9-7-13-5-4-11-6-10(13)12-9;1-11-8-3-4-9-7(6-8)2-5-10(9)12-13;1-4-6(2)5-8-7(3)9;1-2/h3-7H,1-2H3;3-4,6,11,13H,2,5H2,1H3;4H,1-2,5H2,3H3,(H,8,9);1-2H3/b8-3+;12-10+;;. The number of oxime groups is 1. The van der Waals surface area contributed by atoms with E-state index in [1.807, 2.05) is 56.7 Å². The van der Waals surface area contributed by atoms with Gasteiger partial charge in [-0.2, -0.15) is 0 Å². The highest BCUT2D eigenvalue weighted by Gasteiger charge is 2.17. The number of allylic oxidation sites excluding steroid dienone is 2. The van der Waals surface area contributed by atoms with E-state index in [4.69, 9.17) is 5.21 Å². The van der Waals surface area contributed by atoms with E-state index >= 15 is 0 Å². The molecule has 1 aromatic carbocycles. The number of nitrogens with zero attached hydrogens (tertiary/aromatic N) is 4. The third kappa shape index (κ3) is 9.76. The van der Waals surface area contributed by atoms with Gasteiger partial charge in [-0.15, -0.1) is 0 Å². The molecule has 8 heteroatoms. The van der Waals surface area contributed by atoms with Gasteiger partial charge in [0.05, 0.1) is 17.6 Å². The molecule has 0 fully saturated rings. The first kappa shape index (κ1) is 30.8. The summed E-state index contributed by atoms with van der Waals surface area (Å²) >= 11 is 0. The number of hydrogen-bond acceptors (Lipinski definition) is 6. The van der Waals surface area contributed by atoms with E-state index in [0.29, 0.717) is 6.54 Å². The van der Waals surface area contributed by atoms with Gasteiger partial charge in [0, 0.05) is 50.4 Å². The number of amides is 1. The molecule has 2 heterocycles. The fourth-order valence-electron chi connectivity index (χ4n) is 3.22. The Labute approximate surface area is 220 Å². The number of fused-ring (bicyclic) bond motifs is 2. The third-order valence-corrected chi connectivity index (χ3v) is 5.41. The van der Waals surface area contributed by atoms with Gasteiger partial charge in [-0.25, -0.2) is 4.98 Å². The van der Waals surface area contributed by atoms with E-state index in [1.165, 1.54) is 18.1 Å². The van der Waals surface area contributed by atoms with Crippen molar-refractivity contribution < 1.29 is 10.0 Å². The molecule has 1 amide bonds. The molecule has 0 bridgehead atoms. The molecule has 0 radical (unpaired) electrons. The number of nitrogens with one attached hydrogen (secondary N) is 2. The van der Waals surface area contributed by atoms with Crippen LogP contribution in [0.15, 0.2) is 79.0 Å². The molecule has 0 spiro atoms. The Hall–Kier alpha value is -4.20. The molecular formula is C29H40N6O2.